The topological polar surface area (TPSA) is 32.7 Å². The maximum atomic E-state index is 11.2. The van der Waals surface area contributed by atoms with E-state index in [0.717, 1.165) is 30.7 Å². The number of piperidine rings is 1. The van der Waals surface area contributed by atoms with Crippen molar-refractivity contribution < 1.29 is 0 Å². The summed E-state index contributed by atoms with van der Waals surface area (Å²) in [5, 5.41) is 5.25. The van der Waals surface area contributed by atoms with Crippen molar-refractivity contribution in [3.05, 3.63) is 4.91 Å². The van der Waals surface area contributed by atoms with E-state index in [-0.39, 0.29) is 0 Å². The lowest BCUT2D eigenvalue weighted by Crippen LogP contribution is -2.40. The van der Waals surface area contributed by atoms with Gasteiger partial charge in [0.25, 0.3) is 0 Å². The van der Waals surface area contributed by atoms with E-state index in [4.69, 9.17) is 0 Å². The highest BCUT2D eigenvalue weighted by molar-refractivity contribution is 4.86. The SMILES string of the molecule is O=NN1CCCCC1CC(C1CCCCC1)C1CCCCC1. The second-order valence-corrected chi connectivity index (χ2v) is 8.09. The zero-order valence-electron chi connectivity index (χ0n) is 14.2. The Bertz CT molecular complexity index is 316. The molecule has 3 fully saturated rings. The Morgan fingerprint density at radius 1 is 0.773 bits per heavy atom. The molecule has 3 nitrogen and oxygen atoms in total. The van der Waals surface area contributed by atoms with Gasteiger partial charge < -0.3 is 0 Å². The van der Waals surface area contributed by atoms with E-state index >= 15 is 0 Å². The van der Waals surface area contributed by atoms with E-state index < -0.39 is 0 Å². The molecule has 0 radical (unpaired) electrons. The van der Waals surface area contributed by atoms with Gasteiger partial charge >= 0.3 is 0 Å². The molecule has 3 heteroatoms. The van der Waals surface area contributed by atoms with E-state index in [1.54, 1.807) is 0 Å². The maximum Gasteiger partial charge on any atom is 0.0526 e. The van der Waals surface area contributed by atoms with Gasteiger partial charge in [-0.05, 0) is 43.4 Å². The van der Waals surface area contributed by atoms with Crippen LogP contribution in [0.15, 0.2) is 5.29 Å². The first-order valence-corrected chi connectivity index (χ1v) is 9.98. The first kappa shape index (κ1) is 16.3. The minimum atomic E-state index is 0.445. The van der Waals surface area contributed by atoms with Crippen molar-refractivity contribution in [3.8, 4) is 0 Å². The van der Waals surface area contributed by atoms with Crippen molar-refractivity contribution in [3.63, 3.8) is 0 Å². The van der Waals surface area contributed by atoms with Gasteiger partial charge in [-0.1, -0.05) is 64.2 Å². The Morgan fingerprint density at radius 3 is 1.86 bits per heavy atom. The van der Waals surface area contributed by atoms with Crippen molar-refractivity contribution in [1.29, 1.82) is 0 Å². The Kier molecular flexibility index (Phi) is 6.14. The molecule has 1 saturated heterocycles. The largest absolute Gasteiger partial charge is 0.258 e. The van der Waals surface area contributed by atoms with Gasteiger partial charge in [0.2, 0.25) is 0 Å². The van der Waals surface area contributed by atoms with E-state index in [2.05, 4.69) is 5.29 Å². The summed E-state index contributed by atoms with van der Waals surface area (Å²) in [7, 11) is 0. The third-order valence-electron chi connectivity index (χ3n) is 6.76. The van der Waals surface area contributed by atoms with E-state index in [0.29, 0.717) is 6.04 Å². The summed E-state index contributed by atoms with van der Waals surface area (Å²) in [6, 6.07) is 0.445. The van der Waals surface area contributed by atoms with Crippen LogP contribution in [0.5, 0.6) is 0 Å². The molecule has 1 unspecified atom stereocenters. The van der Waals surface area contributed by atoms with E-state index in [1.165, 1.54) is 83.5 Å². The Labute approximate surface area is 136 Å². The van der Waals surface area contributed by atoms with Gasteiger partial charge in [0.15, 0.2) is 0 Å². The molecule has 0 spiro atoms. The van der Waals surface area contributed by atoms with Gasteiger partial charge in [-0.15, -0.1) is 4.91 Å². The summed E-state index contributed by atoms with van der Waals surface area (Å²) in [6.07, 6.45) is 19.3. The van der Waals surface area contributed by atoms with Gasteiger partial charge in [0.05, 0.1) is 11.3 Å². The van der Waals surface area contributed by atoms with Crippen LogP contribution in [0, 0.1) is 22.7 Å². The van der Waals surface area contributed by atoms with Crippen molar-refractivity contribution in [2.75, 3.05) is 6.54 Å². The Morgan fingerprint density at radius 2 is 1.32 bits per heavy atom. The van der Waals surface area contributed by atoms with Crippen LogP contribution in [0.3, 0.4) is 0 Å². The van der Waals surface area contributed by atoms with E-state index in [9.17, 15) is 4.91 Å². The standard InChI is InChI=1S/C19H34N2O/c22-20-21-14-8-7-13-18(21)15-19(16-9-3-1-4-10-16)17-11-5-2-6-12-17/h16-19H,1-15H2. The molecule has 0 N–H and O–H groups in total. The molecule has 126 valence electrons. The number of hydrogen-bond acceptors (Lipinski definition) is 2. The van der Waals surface area contributed by atoms with Crippen LogP contribution in [-0.2, 0) is 0 Å². The molecule has 1 heterocycles. The molecule has 2 saturated carbocycles. The van der Waals surface area contributed by atoms with Crippen LogP contribution in [0.2, 0.25) is 0 Å². The summed E-state index contributed by atoms with van der Waals surface area (Å²) in [5.74, 6) is 2.74. The summed E-state index contributed by atoms with van der Waals surface area (Å²) in [5.41, 5.74) is 0. The number of hydrogen-bond donors (Lipinski definition) is 0. The van der Waals surface area contributed by atoms with Gasteiger partial charge in [0.1, 0.15) is 0 Å². The molecular weight excluding hydrogens is 272 g/mol. The van der Waals surface area contributed by atoms with Crippen molar-refractivity contribution in [2.24, 2.45) is 23.0 Å². The van der Waals surface area contributed by atoms with Crippen LogP contribution in [0.25, 0.3) is 0 Å². The predicted octanol–water partition coefficient (Wildman–Crippen LogP) is 5.69. The second-order valence-electron chi connectivity index (χ2n) is 8.09. The lowest BCUT2D eigenvalue weighted by atomic mass is 9.67. The minimum absolute atomic E-state index is 0.445. The number of rotatable bonds is 5. The highest BCUT2D eigenvalue weighted by atomic mass is 16.3. The van der Waals surface area contributed by atoms with Crippen molar-refractivity contribution in [1.82, 2.24) is 5.01 Å². The van der Waals surface area contributed by atoms with Crippen LogP contribution >= 0.6 is 0 Å². The normalized spacial score (nSPS) is 29.0. The smallest absolute Gasteiger partial charge is 0.0526 e. The van der Waals surface area contributed by atoms with Crippen LogP contribution in [0.4, 0.5) is 0 Å². The Balaban J connectivity index is 1.67. The Hall–Kier alpha value is -0.600. The molecule has 1 aliphatic heterocycles. The molecular formula is C19H34N2O. The first-order chi connectivity index (χ1) is 10.9. The molecule has 0 bridgehead atoms. The quantitative estimate of drug-likeness (QED) is 0.611. The second kappa shape index (κ2) is 8.31. The molecule has 0 amide bonds. The molecule has 3 rings (SSSR count). The fourth-order valence-corrected chi connectivity index (χ4v) is 5.54. The van der Waals surface area contributed by atoms with Gasteiger partial charge in [0, 0.05) is 6.54 Å². The van der Waals surface area contributed by atoms with Crippen LogP contribution in [-0.4, -0.2) is 17.6 Å². The summed E-state index contributed by atoms with van der Waals surface area (Å²) in [4.78, 5) is 11.2. The molecule has 2 aliphatic carbocycles. The zero-order valence-corrected chi connectivity index (χ0v) is 14.2. The molecule has 22 heavy (non-hydrogen) atoms. The van der Waals surface area contributed by atoms with Crippen molar-refractivity contribution in [2.45, 2.75) is 95.9 Å². The van der Waals surface area contributed by atoms with Crippen molar-refractivity contribution >= 4 is 0 Å². The predicted molar refractivity (Wildman–Crippen MR) is 91.4 cm³/mol. The highest BCUT2D eigenvalue weighted by Crippen LogP contribution is 2.43. The maximum absolute atomic E-state index is 11.2. The van der Waals surface area contributed by atoms with E-state index in [1.807, 2.05) is 5.01 Å². The fraction of sp³-hybridized carbons (Fsp3) is 1.00. The molecule has 1 atom stereocenters. The summed E-state index contributed by atoms with van der Waals surface area (Å²) < 4.78 is 0. The third-order valence-corrected chi connectivity index (χ3v) is 6.76. The van der Waals surface area contributed by atoms with Gasteiger partial charge in [-0.25, -0.2) is 0 Å². The highest BCUT2D eigenvalue weighted by Gasteiger charge is 2.35. The monoisotopic (exact) mass is 306 g/mol. The van der Waals surface area contributed by atoms with Crippen LogP contribution < -0.4 is 0 Å². The average Bonchev–Trinajstić information content (AvgIpc) is 2.61. The van der Waals surface area contributed by atoms with Gasteiger partial charge in [-0.3, -0.25) is 5.01 Å². The van der Waals surface area contributed by atoms with Crippen LogP contribution in [0.1, 0.15) is 89.9 Å². The average molecular weight is 306 g/mol. The number of nitroso groups, excluding NO2 is 1. The molecule has 0 aromatic rings. The lowest BCUT2D eigenvalue weighted by molar-refractivity contribution is 0.0689. The third kappa shape index (κ3) is 4.02. The zero-order chi connectivity index (χ0) is 15.2. The van der Waals surface area contributed by atoms with Gasteiger partial charge in [-0.2, -0.15) is 0 Å². The molecule has 0 aromatic heterocycles. The number of nitrogens with zero attached hydrogens (tertiary/aromatic N) is 2. The fourth-order valence-electron chi connectivity index (χ4n) is 5.54. The summed E-state index contributed by atoms with van der Waals surface area (Å²) >= 11 is 0. The minimum Gasteiger partial charge on any atom is -0.258 e. The first-order valence-electron chi connectivity index (χ1n) is 9.98. The summed E-state index contributed by atoms with van der Waals surface area (Å²) in [6.45, 7) is 0.899. The molecule has 0 aromatic carbocycles. The molecule has 3 aliphatic rings. The lowest BCUT2D eigenvalue weighted by Gasteiger charge is -2.42.